The van der Waals surface area contributed by atoms with E-state index in [1.165, 1.54) is 12.1 Å². The Morgan fingerprint density at radius 2 is 1.76 bits per heavy atom. The highest BCUT2D eigenvalue weighted by atomic mass is 19.1. The molecule has 0 heterocycles. The van der Waals surface area contributed by atoms with Crippen LogP contribution in [0.3, 0.4) is 0 Å². The lowest BCUT2D eigenvalue weighted by molar-refractivity contribution is 0.161. The predicted octanol–water partition coefficient (Wildman–Crippen LogP) is 3.99. The lowest BCUT2D eigenvalue weighted by atomic mass is 10.1. The standard InChI is InChI=1S/C18H17FO2/c1-13(14(2)20)6-7-15-4-3-5-18(12-15)21-17-10-8-16(19)9-11-17/h3-5,8-14,20H,1-2H3. The van der Waals surface area contributed by atoms with E-state index in [-0.39, 0.29) is 11.7 Å². The van der Waals surface area contributed by atoms with Crippen molar-refractivity contribution >= 4 is 0 Å². The highest BCUT2D eigenvalue weighted by Gasteiger charge is 2.04. The van der Waals surface area contributed by atoms with Gasteiger partial charge in [-0.15, -0.1) is 0 Å². The first-order valence-corrected chi connectivity index (χ1v) is 6.77. The monoisotopic (exact) mass is 284 g/mol. The van der Waals surface area contributed by atoms with Gasteiger partial charge < -0.3 is 9.84 Å². The lowest BCUT2D eigenvalue weighted by Gasteiger charge is -2.07. The summed E-state index contributed by atoms with van der Waals surface area (Å²) in [5, 5.41) is 9.41. The van der Waals surface area contributed by atoms with Gasteiger partial charge in [0.2, 0.25) is 0 Å². The van der Waals surface area contributed by atoms with Gasteiger partial charge in [-0.1, -0.05) is 17.9 Å². The van der Waals surface area contributed by atoms with E-state index < -0.39 is 6.10 Å². The van der Waals surface area contributed by atoms with Gasteiger partial charge in [-0.25, -0.2) is 4.39 Å². The average molecular weight is 284 g/mol. The van der Waals surface area contributed by atoms with Crippen LogP contribution < -0.4 is 4.74 Å². The number of hydrogen-bond donors (Lipinski definition) is 1. The number of hydrogen-bond acceptors (Lipinski definition) is 2. The molecule has 0 radical (unpaired) electrons. The van der Waals surface area contributed by atoms with Crippen LogP contribution in [0.2, 0.25) is 0 Å². The van der Waals surface area contributed by atoms with Gasteiger partial charge in [0, 0.05) is 11.5 Å². The van der Waals surface area contributed by atoms with Crippen molar-refractivity contribution in [2.45, 2.75) is 20.0 Å². The molecular weight excluding hydrogens is 267 g/mol. The minimum atomic E-state index is -0.462. The van der Waals surface area contributed by atoms with Crippen molar-refractivity contribution in [3.8, 4) is 23.3 Å². The maximum atomic E-state index is 12.8. The number of halogens is 1. The minimum Gasteiger partial charge on any atom is -0.457 e. The summed E-state index contributed by atoms with van der Waals surface area (Å²) in [6.07, 6.45) is -0.462. The Kier molecular flexibility index (Phi) is 4.97. The molecule has 0 aromatic heterocycles. The third-order valence-corrected chi connectivity index (χ3v) is 3.05. The molecule has 0 spiro atoms. The Bertz CT molecular complexity index is 651. The molecule has 0 amide bonds. The van der Waals surface area contributed by atoms with Gasteiger partial charge in [0.25, 0.3) is 0 Å². The molecule has 0 fully saturated rings. The van der Waals surface area contributed by atoms with Gasteiger partial charge in [-0.2, -0.15) is 0 Å². The van der Waals surface area contributed by atoms with Gasteiger partial charge in [0.15, 0.2) is 0 Å². The Balaban J connectivity index is 2.12. The summed E-state index contributed by atoms with van der Waals surface area (Å²) in [6, 6.07) is 13.2. The number of aliphatic hydroxyl groups excluding tert-OH is 1. The van der Waals surface area contributed by atoms with Crippen LogP contribution in [0.15, 0.2) is 48.5 Å². The molecule has 0 bridgehead atoms. The molecule has 0 aliphatic heterocycles. The average Bonchev–Trinajstić information content (AvgIpc) is 2.47. The normalized spacial score (nSPS) is 13.0. The van der Waals surface area contributed by atoms with Crippen LogP contribution in [0.4, 0.5) is 4.39 Å². The zero-order valence-electron chi connectivity index (χ0n) is 12.0. The number of benzene rings is 2. The molecule has 21 heavy (non-hydrogen) atoms. The van der Waals surface area contributed by atoms with Crippen LogP contribution in [-0.4, -0.2) is 11.2 Å². The minimum absolute atomic E-state index is 0.0910. The van der Waals surface area contributed by atoms with Crippen LogP contribution in [0, 0.1) is 23.6 Å². The van der Waals surface area contributed by atoms with Gasteiger partial charge in [0.1, 0.15) is 17.3 Å². The first-order valence-electron chi connectivity index (χ1n) is 6.77. The molecule has 3 heteroatoms. The number of rotatable bonds is 3. The largest absolute Gasteiger partial charge is 0.457 e. The zero-order chi connectivity index (χ0) is 15.2. The SMILES string of the molecule is CC(O)C(C)C#Cc1cccc(Oc2ccc(F)cc2)c1. The van der Waals surface area contributed by atoms with Gasteiger partial charge in [-0.05, 0) is 56.3 Å². The molecule has 2 atom stereocenters. The first kappa shape index (κ1) is 15.1. The van der Waals surface area contributed by atoms with Crippen LogP contribution in [0.5, 0.6) is 11.5 Å². The van der Waals surface area contributed by atoms with Gasteiger partial charge in [-0.3, -0.25) is 0 Å². The van der Waals surface area contributed by atoms with E-state index in [4.69, 9.17) is 4.74 Å². The zero-order valence-corrected chi connectivity index (χ0v) is 12.0. The molecule has 2 rings (SSSR count). The molecule has 0 saturated heterocycles. The molecule has 2 nitrogen and oxygen atoms in total. The quantitative estimate of drug-likeness (QED) is 0.864. The van der Waals surface area contributed by atoms with Crippen molar-refractivity contribution in [1.82, 2.24) is 0 Å². The summed E-state index contributed by atoms with van der Waals surface area (Å²) in [6.45, 7) is 3.59. The predicted molar refractivity (Wildman–Crippen MR) is 80.6 cm³/mol. The Morgan fingerprint density at radius 3 is 2.43 bits per heavy atom. The maximum absolute atomic E-state index is 12.8. The Labute approximate surface area is 124 Å². The van der Waals surface area contributed by atoms with E-state index >= 15 is 0 Å². The van der Waals surface area contributed by atoms with E-state index in [0.29, 0.717) is 11.5 Å². The second kappa shape index (κ2) is 6.92. The van der Waals surface area contributed by atoms with E-state index in [2.05, 4.69) is 11.8 Å². The second-order valence-electron chi connectivity index (χ2n) is 4.88. The fourth-order valence-corrected chi connectivity index (χ4v) is 1.59. The van der Waals surface area contributed by atoms with E-state index in [1.54, 1.807) is 19.1 Å². The summed E-state index contributed by atoms with van der Waals surface area (Å²) in [7, 11) is 0. The molecule has 0 aliphatic rings. The third-order valence-electron chi connectivity index (χ3n) is 3.05. The van der Waals surface area contributed by atoms with Crippen molar-refractivity contribution < 1.29 is 14.2 Å². The molecule has 2 aromatic carbocycles. The van der Waals surface area contributed by atoms with E-state index in [0.717, 1.165) is 5.56 Å². The highest BCUT2D eigenvalue weighted by Crippen LogP contribution is 2.22. The van der Waals surface area contributed by atoms with Crippen molar-refractivity contribution in [1.29, 1.82) is 0 Å². The Morgan fingerprint density at radius 1 is 1.05 bits per heavy atom. The van der Waals surface area contributed by atoms with Crippen LogP contribution in [0.1, 0.15) is 19.4 Å². The fourth-order valence-electron chi connectivity index (χ4n) is 1.59. The maximum Gasteiger partial charge on any atom is 0.128 e. The van der Waals surface area contributed by atoms with Gasteiger partial charge in [0.05, 0.1) is 6.10 Å². The molecule has 0 saturated carbocycles. The van der Waals surface area contributed by atoms with Crippen molar-refractivity contribution in [3.63, 3.8) is 0 Å². The van der Waals surface area contributed by atoms with E-state index in [9.17, 15) is 9.50 Å². The van der Waals surface area contributed by atoms with Crippen molar-refractivity contribution in [2.75, 3.05) is 0 Å². The van der Waals surface area contributed by atoms with Crippen LogP contribution >= 0.6 is 0 Å². The fraction of sp³-hybridized carbons (Fsp3) is 0.222. The lowest BCUT2D eigenvalue weighted by Crippen LogP contribution is -2.10. The molecular formula is C18H17FO2. The third kappa shape index (κ3) is 4.62. The highest BCUT2D eigenvalue weighted by molar-refractivity contribution is 5.41. The molecule has 2 aromatic rings. The number of aliphatic hydroxyl groups is 1. The molecule has 0 aliphatic carbocycles. The van der Waals surface area contributed by atoms with Gasteiger partial charge >= 0.3 is 0 Å². The summed E-state index contributed by atoms with van der Waals surface area (Å²) in [5.41, 5.74) is 0.808. The van der Waals surface area contributed by atoms with E-state index in [1.807, 2.05) is 31.2 Å². The second-order valence-corrected chi connectivity index (χ2v) is 4.88. The van der Waals surface area contributed by atoms with Crippen molar-refractivity contribution in [3.05, 3.63) is 59.9 Å². The summed E-state index contributed by atoms with van der Waals surface area (Å²) in [5.74, 6) is 6.82. The molecule has 108 valence electrons. The number of ether oxygens (including phenoxy) is 1. The van der Waals surface area contributed by atoms with Crippen LogP contribution in [0.25, 0.3) is 0 Å². The molecule has 2 unspecified atom stereocenters. The summed E-state index contributed by atoms with van der Waals surface area (Å²) in [4.78, 5) is 0. The first-order chi connectivity index (χ1) is 10.0. The summed E-state index contributed by atoms with van der Waals surface area (Å²) >= 11 is 0. The van der Waals surface area contributed by atoms with Crippen molar-refractivity contribution in [2.24, 2.45) is 5.92 Å². The topological polar surface area (TPSA) is 29.5 Å². The van der Waals surface area contributed by atoms with Crippen LogP contribution in [-0.2, 0) is 0 Å². The Hall–Kier alpha value is -2.31. The molecule has 1 N–H and O–H groups in total. The smallest absolute Gasteiger partial charge is 0.128 e. The summed E-state index contributed by atoms with van der Waals surface area (Å²) < 4.78 is 18.5.